The molecule has 0 saturated heterocycles. The largest absolute Gasteiger partial charge is 0.492 e. The van der Waals surface area contributed by atoms with E-state index in [1.165, 1.54) is 36.4 Å². The van der Waals surface area contributed by atoms with Crippen LogP contribution in [0, 0.1) is 29.1 Å². The molecule has 0 spiro atoms. The molecular formula is C31H27F5N2O3. The predicted molar refractivity (Wildman–Crippen MR) is 145 cm³/mol. The highest BCUT2D eigenvalue weighted by molar-refractivity contribution is 6.14. The highest BCUT2D eigenvalue weighted by Crippen LogP contribution is 2.30. The lowest BCUT2D eigenvalue weighted by Gasteiger charge is -2.27. The van der Waals surface area contributed by atoms with Crippen LogP contribution in [0.1, 0.15) is 34.3 Å². The van der Waals surface area contributed by atoms with Gasteiger partial charge in [0, 0.05) is 29.8 Å². The van der Waals surface area contributed by atoms with Crippen molar-refractivity contribution >= 4 is 23.8 Å². The Labute approximate surface area is 233 Å². The van der Waals surface area contributed by atoms with Gasteiger partial charge in [-0.15, -0.1) is 0 Å². The third-order valence-corrected chi connectivity index (χ3v) is 6.41. The molecule has 10 heteroatoms. The van der Waals surface area contributed by atoms with Gasteiger partial charge in [-0.05, 0) is 86.6 Å². The van der Waals surface area contributed by atoms with E-state index in [4.69, 9.17) is 4.74 Å². The number of amides is 1. The summed E-state index contributed by atoms with van der Waals surface area (Å²) in [6, 6.07) is 9.43. The predicted octanol–water partition coefficient (Wildman–Crippen LogP) is 5.95. The molecule has 0 atom stereocenters. The van der Waals surface area contributed by atoms with E-state index in [0.29, 0.717) is 13.2 Å². The van der Waals surface area contributed by atoms with E-state index in [9.17, 15) is 31.5 Å². The van der Waals surface area contributed by atoms with E-state index >= 15 is 0 Å². The van der Waals surface area contributed by atoms with Crippen LogP contribution in [0.3, 0.4) is 0 Å². The number of hydrogen-bond donors (Lipinski definition) is 1. The molecular weight excluding hydrogens is 543 g/mol. The van der Waals surface area contributed by atoms with Gasteiger partial charge in [-0.3, -0.25) is 9.59 Å². The standard InChI is InChI=1S/C31H27F5N2O3/c1-38(2)9-10-41-23-5-6-24(27(34)17-23)31(40)37-22-15-20(11-18-3-7-25(32)28(35)13-18)30(39)21(16-22)12-19-4-8-26(33)29(36)14-19/h3-8,11-14,17,22H,9-10,15-16H2,1-2H3,(H,37,40). The highest BCUT2D eigenvalue weighted by atomic mass is 19.2. The summed E-state index contributed by atoms with van der Waals surface area (Å²) in [6.07, 6.45) is 2.74. The number of benzene rings is 3. The summed E-state index contributed by atoms with van der Waals surface area (Å²) in [5.74, 6) is -6.05. The first-order valence-corrected chi connectivity index (χ1v) is 12.7. The lowest BCUT2D eigenvalue weighted by molar-refractivity contribution is -0.113. The minimum atomic E-state index is -1.10. The van der Waals surface area contributed by atoms with E-state index in [0.717, 1.165) is 30.3 Å². The molecule has 1 fully saturated rings. The second-order valence-electron chi connectivity index (χ2n) is 9.89. The summed E-state index contributed by atoms with van der Waals surface area (Å²) in [4.78, 5) is 28.2. The number of hydrogen-bond acceptors (Lipinski definition) is 4. The fraction of sp³-hybridized carbons (Fsp3) is 0.226. The molecule has 1 saturated carbocycles. The SMILES string of the molecule is CN(C)CCOc1ccc(C(=O)NC2CC(=Cc3ccc(F)c(F)c3)C(=O)C(=Cc3ccc(F)c(F)c3)C2)c(F)c1. The van der Waals surface area contributed by atoms with Crippen molar-refractivity contribution in [3.8, 4) is 5.75 Å². The molecule has 3 aromatic rings. The maximum Gasteiger partial charge on any atom is 0.254 e. The molecule has 41 heavy (non-hydrogen) atoms. The molecule has 0 radical (unpaired) electrons. The Bertz CT molecular complexity index is 1460. The molecule has 1 amide bonds. The number of rotatable bonds is 8. The first-order chi connectivity index (χ1) is 19.5. The molecule has 1 N–H and O–H groups in total. The molecule has 4 rings (SSSR count). The average molecular weight is 571 g/mol. The number of carbonyl (C=O) groups excluding carboxylic acids is 2. The molecule has 3 aromatic carbocycles. The number of Topliss-reactive ketones (excluding diaryl/α,β-unsaturated/α-hetero) is 1. The minimum Gasteiger partial charge on any atom is -0.492 e. The number of ether oxygens (including phenoxy) is 1. The zero-order valence-electron chi connectivity index (χ0n) is 22.3. The summed E-state index contributed by atoms with van der Waals surface area (Å²) in [6.45, 7) is 0.944. The van der Waals surface area contributed by atoms with Crippen molar-refractivity contribution in [3.05, 3.63) is 112 Å². The lowest BCUT2D eigenvalue weighted by Crippen LogP contribution is -2.39. The average Bonchev–Trinajstić information content (AvgIpc) is 2.90. The topological polar surface area (TPSA) is 58.6 Å². The van der Waals surface area contributed by atoms with Gasteiger partial charge in [0.15, 0.2) is 29.1 Å². The van der Waals surface area contributed by atoms with Crippen LogP contribution in [0.25, 0.3) is 12.2 Å². The Kier molecular flexibility index (Phi) is 9.34. The van der Waals surface area contributed by atoms with Crippen molar-refractivity contribution in [3.63, 3.8) is 0 Å². The first-order valence-electron chi connectivity index (χ1n) is 12.7. The normalized spacial score (nSPS) is 17.4. The van der Waals surface area contributed by atoms with E-state index in [1.54, 1.807) is 0 Å². The number of ketones is 1. The van der Waals surface area contributed by atoms with Crippen LogP contribution >= 0.6 is 0 Å². The van der Waals surface area contributed by atoms with Gasteiger partial charge < -0.3 is 15.0 Å². The first kappa shape index (κ1) is 29.7. The fourth-order valence-electron chi connectivity index (χ4n) is 4.33. The van der Waals surface area contributed by atoms with Gasteiger partial charge in [-0.25, -0.2) is 22.0 Å². The van der Waals surface area contributed by atoms with Gasteiger partial charge in [0.05, 0.1) is 5.56 Å². The fourth-order valence-corrected chi connectivity index (χ4v) is 4.33. The lowest BCUT2D eigenvalue weighted by atomic mass is 9.83. The van der Waals surface area contributed by atoms with E-state index in [1.807, 2.05) is 19.0 Å². The van der Waals surface area contributed by atoms with Crippen LogP contribution in [-0.2, 0) is 4.79 Å². The van der Waals surface area contributed by atoms with E-state index in [-0.39, 0.29) is 46.4 Å². The molecule has 5 nitrogen and oxygen atoms in total. The van der Waals surface area contributed by atoms with Crippen molar-refractivity contribution in [2.24, 2.45) is 0 Å². The van der Waals surface area contributed by atoms with Gasteiger partial charge in [-0.2, -0.15) is 0 Å². The van der Waals surface area contributed by atoms with Gasteiger partial charge in [0.2, 0.25) is 0 Å². The maximum absolute atomic E-state index is 14.8. The Morgan fingerprint density at radius 2 is 1.39 bits per heavy atom. The van der Waals surface area contributed by atoms with Crippen molar-refractivity contribution in [1.29, 1.82) is 0 Å². The van der Waals surface area contributed by atoms with Gasteiger partial charge in [-0.1, -0.05) is 12.1 Å². The Hall–Kier alpha value is -4.31. The van der Waals surface area contributed by atoms with Crippen LogP contribution in [0.2, 0.25) is 0 Å². The molecule has 214 valence electrons. The molecule has 1 aliphatic rings. The van der Waals surface area contributed by atoms with Crippen molar-refractivity contribution < 1.29 is 36.3 Å². The smallest absolute Gasteiger partial charge is 0.254 e. The maximum atomic E-state index is 14.8. The number of carbonyl (C=O) groups is 2. The van der Waals surface area contributed by atoms with Crippen molar-refractivity contribution in [1.82, 2.24) is 10.2 Å². The van der Waals surface area contributed by atoms with Crippen LogP contribution in [0.4, 0.5) is 22.0 Å². The molecule has 0 aromatic heterocycles. The molecule has 0 unspecified atom stereocenters. The number of nitrogens with zero attached hydrogens (tertiary/aromatic N) is 1. The van der Waals surface area contributed by atoms with Crippen molar-refractivity contribution in [2.45, 2.75) is 18.9 Å². The van der Waals surface area contributed by atoms with Crippen molar-refractivity contribution in [2.75, 3.05) is 27.2 Å². The number of halogens is 5. The summed E-state index contributed by atoms with van der Waals surface area (Å²) in [5.41, 5.74) is 0.502. The highest BCUT2D eigenvalue weighted by Gasteiger charge is 2.30. The van der Waals surface area contributed by atoms with Gasteiger partial charge >= 0.3 is 0 Å². The molecule has 0 heterocycles. The molecule has 0 bridgehead atoms. The Morgan fingerprint density at radius 3 is 1.88 bits per heavy atom. The van der Waals surface area contributed by atoms with Gasteiger partial charge in [0.1, 0.15) is 18.2 Å². The second-order valence-corrected chi connectivity index (χ2v) is 9.89. The summed E-state index contributed by atoms with van der Waals surface area (Å²) >= 11 is 0. The number of nitrogens with one attached hydrogen (secondary N) is 1. The van der Waals surface area contributed by atoms with Crippen LogP contribution in [0.15, 0.2) is 65.7 Å². The minimum absolute atomic E-state index is 0.00599. The zero-order valence-corrected chi connectivity index (χ0v) is 22.3. The monoisotopic (exact) mass is 570 g/mol. The third kappa shape index (κ3) is 7.67. The Morgan fingerprint density at radius 1 is 0.829 bits per heavy atom. The molecule has 1 aliphatic carbocycles. The summed E-state index contributed by atoms with van der Waals surface area (Å²) in [7, 11) is 3.74. The zero-order chi connectivity index (χ0) is 29.7. The van der Waals surface area contributed by atoms with E-state index < -0.39 is 46.8 Å². The summed E-state index contributed by atoms with van der Waals surface area (Å²) < 4.78 is 74.8. The van der Waals surface area contributed by atoms with Crippen LogP contribution < -0.4 is 10.1 Å². The summed E-state index contributed by atoms with van der Waals surface area (Å²) in [5, 5.41) is 2.72. The third-order valence-electron chi connectivity index (χ3n) is 6.41. The Balaban J connectivity index is 1.60. The quantitative estimate of drug-likeness (QED) is 0.269. The van der Waals surface area contributed by atoms with Crippen LogP contribution in [-0.4, -0.2) is 49.9 Å². The van der Waals surface area contributed by atoms with Crippen LogP contribution in [0.5, 0.6) is 5.75 Å². The number of likely N-dealkylation sites (N-methyl/N-ethyl adjacent to an activating group) is 1. The van der Waals surface area contributed by atoms with Gasteiger partial charge in [0.25, 0.3) is 5.91 Å². The second kappa shape index (κ2) is 12.9. The molecule has 0 aliphatic heterocycles. The van der Waals surface area contributed by atoms with E-state index in [2.05, 4.69) is 5.32 Å².